The van der Waals surface area contributed by atoms with Crippen LogP contribution in [0.1, 0.15) is 10.6 Å². The molecule has 1 aliphatic heterocycles. The molecule has 0 fully saturated rings. The first-order chi connectivity index (χ1) is 14.5. The third-order valence-electron chi connectivity index (χ3n) is 4.11. The Morgan fingerprint density at radius 2 is 1.83 bits per heavy atom. The second kappa shape index (κ2) is 9.15. The van der Waals surface area contributed by atoms with Gasteiger partial charge < -0.3 is 24.1 Å². The number of allylic oxidation sites excluding steroid dienone is 2. The van der Waals surface area contributed by atoms with E-state index in [2.05, 4.69) is 5.32 Å². The molecule has 1 aromatic heterocycles. The Hall–Kier alpha value is -3.78. The summed E-state index contributed by atoms with van der Waals surface area (Å²) in [6, 6.07) is 7.82. The zero-order valence-corrected chi connectivity index (χ0v) is 16.8. The summed E-state index contributed by atoms with van der Waals surface area (Å²) in [6.07, 6.45) is 7.62. The van der Waals surface area contributed by atoms with Crippen molar-refractivity contribution in [1.82, 2.24) is 0 Å². The zero-order chi connectivity index (χ0) is 21.7. The van der Waals surface area contributed by atoms with E-state index in [1.54, 1.807) is 42.6 Å². The summed E-state index contributed by atoms with van der Waals surface area (Å²) < 4.78 is 14.7. The van der Waals surface area contributed by atoms with Gasteiger partial charge in [0.15, 0.2) is 5.76 Å². The summed E-state index contributed by atoms with van der Waals surface area (Å²) in [4.78, 5) is 38.5. The van der Waals surface area contributed by atoms with Gasteiger partial charge in [-0.05, 0) is 42.5 Å². The van der Waals surface area contributed by atoms with E-state index in [0.717, 1.165) is 0 Å². The molecule has 1 aromatic carbocycles. The minimum absolute atomic E-state index is 0.00507. The van der Waals surface area contributed by atoms with Crippen molar-refractivity contribution in [3.05, 3.63) is 83.1 Å². The van der Waals surface area contributed by atoms with Crippen LogP contribution in [0.25, 0.3) is 0 Å². The highest BCUT2D eigenvalue weighted by molar-refractivity contribution is 6.34. The fourth-order valence-electron chi connectivity index (χ4n) is 2.72. The van der Waals surface area contributed by atoms with Crippen LogP contribution in [0, 0.1) is 0 Å². The quantitative estimate of drug-likeness (QED) is 0.725. The number of nitrogens with zero attached hydrogens (tertiary/aromatic N) is 1. The highest BCUT2D eigenvalue weighted by Crippen LogP contribution is 2.32. The van der Waals surface area contributed by atoms with Crippen molar-refractivity contribution >= 4 is 40.8 Å². The van der Waals surface area contributed by atoms with Crippen molar-refractivity contribution in [3.8, 4) is 0 Å². The summed E-state index contributed by atoms with van der Waals surface area (Å²) in [5, 5.41) is 2.93. The van der Waals surface area contributed by atoms with E-state index in [4.69, 9.17) is 25.5 Å². The molecule has 1 aliphatic rings. The fourth-order valence-corrected chi connectivity index (χ4v) is 2.88. The van der Waals surface area contributed by atoms with E-state index < -0.39 is 17.8 Å². The third kappa shape index (κ3) is 4.28. The van der Waals surface area contributed by atoms with Crippen LogP contribution in [0.15, 0.2) is 76.7 Å². The second-order valence-corrected chi connectivity index (χ2v) is 6.32. The van der Waals surface area contributed by atoms with Gasteiger partial charge in [0.05, 0.1) is 36.8 Å². The maximum atomic E-state index is 12.5. The lowest BCUT2D eigenvalue weighted by Gasteiger charge is -2.24. The standard InChI is InChI=1S/C21H17ClN2O6/c1-28-20(26)14-6-3-4-10-24(18(14)21(27)29-2)13-8-9-15(22)16(12-13)23-19(25)17-7-5-11-30-17/h3-12H,1-2H3,(H,23,25). The van der Waals surface area contributed by atoms with Crippen LogP contribution in [0.5, 0.6) is 0 Å². The van der Waals surface area contributed by atoms with Crippen molar-refractivity contribution in [2.75, 3.05) is 24.4 Å². The van der Waals surface area contributed by atoms with Crippen LogP contribution in [0.3, 0.4) is 0 Å². The molecule has 9 heteroatoms. The SMILES string of the molecule is COC(=O)C1=C(C(=O)OC)N(c2ccc(Cl)c(NC(=O)c3ccco3)c2)C=CC=C1. The summed E-state index contributed by atoms with van der Waals surface area (Å²) in [5.74, 6) is -1.84. The fraction of sp³-hybridized carbons (Fsp3) is 0.0952. The van der Waals surface area contributed by atoms with Gasteiger partial charge in [-0.3, -0.25) is 4.79 Å². The molecule has 2 aromatic rings. The maximum Gasteiger partial charge on any atom is 0.355 e. The lowest BCUT2D eigenvalue weighted by Crippen LogP contribution is -2.27. The molecule has 8 nitrogen and oxygen atoms in total. The molecule has 1 N–H and O–H groups in total. The predicted molar refractivity (Wildman–Crippen MR) is 110 cm³/mol. The topological polar surface area (TPSA) is 98.1 Å². The van der Waals surface area contributed by atoms with Crippen LogP contribution >= 0.6 is 11.6 Å². The van der Waals surface area contributed by atoms with Gasteiger partial charge in [-0.2, -0.15) is 0 Å². The van der Waals surface area contributed by atoms with E-state index >= 15 is 0 Å². The number of anilines is 2. The minimum Gasteiger partial charge on any atom is -0.465 e. The number of furan rings is 1. The Morgan fingerprint density at radius 3 is 2.50 bits per heavy atom. The number of hydrogen-bond donors (Lipinski definition) is 1. The number of benzene rings is 1. The molecule has 2 heterocycles. The van der Waals surface area contributed by atoms with Crippen molar-refractivity contribution < 1.29 is 28.3 Å². The first-order valence-electron chi connectivity index (χ1n) is 8.65. The van der Waals surface area contributed by atoms with Gasteiger partial charge >= 0.3 is 11.9 Å². The molecule has 0 spiro atoms. The molecule has 0 saturated heterocycles. The van der Waals surface area contributed by atoms with Gasteiger partial charge in [-0.25, -0.2) is 9.59 Å². The van der Waals surface area contributed by atoms with E-state index in [9.17, 15) is 14.4 Å². The Balaban J connectivity index is 2.05. The minimum atomic E-state index is -0.747. The summed E-state index contributed by atoms with van der Waals surface area (Å²) in [7, 11) is 2.42. The van der Waals surface area contributed by atoms with Gasteiger partial charge in [0.25, 0.3) is 5.91 Å². The number of ether oxygens (including phenoxy) is 2. The number of carbonyl (C=O) groups excluding carboxylic acids is 3. The highest BCUT2D eigenvalue weighted by Gasteiger charge is 2.28. The molecule has 0 atom stereocenters. The van der Waals surface area contributed by atoms with Crippen molar-refractivity contribution in [2.24, 2.45) is 0 Å². The van der Waals surface area contributed by atoms with Gasteiger partial charge in [0, 0.05) is 11.9 Å². The Labute approximate surface area is 177 Å². The van der Waals surface area contributed by atoms with Crippen LogP contribution in [0.4, 0.5) is 11.4 Å². The van der Waals surface area contributed by atoms with E-state index in [0.29, 0.717) is 5.69 Å². The smallest absolute Gasteiger partial charge is 0.355 e. The average Bonchev–Trinajstić information content (AvgIpc) is 3.21. The van der Waals surface area contributed by atoms with Crippen molar-refractivity contribution in [3.63, 3.8) is 0 Å². The molecule has 0 bridgehead atoms. The van der Waals surface area contributed by atoms with Crippen LogP contribution in [-0.4, -0.2) is 32.1 Å². The molecule has 30 heavy (non-hydrogen) atoms. The average molecular weight is 429 g/mol. The molecule has 3 rings (SSSR count). The summed E-state index contributed by atoms with van der Waals surface area (Å²) in [5.41, 5.74) is 0.673. The number of esters is 2. The summed E-state index contributed by atoms with van der Waals surface area (Å²) >= 11 is 6.23. The first kappa shape index (κ1) is 20.9. The molecule has 0 aliphatic carbocycles. The van der Waals surface area contributed by atoms with Gasteiger partial charge in [0.1, 0.15) is 5.70 Å². The Kier molecular flexibility index (Phi) is 6.38. The third-order valence-corrected chi connectivity index (χ3v) is 4.44. The number of amides is 1. The van der Waals surface area contributed by atoms with E-state index in [1.165, 1.54) is 37.5 Å². The second-order valence-electron chi connectivity index (χ2n) is 5.91. The van der Waals surface area contributed by atoms with Gasteiger partial charge in [-0.1, -0.05) is 17.7 Å². The van der Waals surface area contributed by atoms with Crippen molar-refractivity contribution in [1.29, 1.82) is 0 Å². The van der Waals surface area contributed by atoms with Crippen molar-refractivity contribution in [2.45, 2.75) is 0 Å². The number of rotatable bonds is 5. The predicted octanol–water partition coefficient (Wildman–Crippen LogP) is 3.68. The number of halogens is 1. The summed E-state index contributed by atoms with van der Waals surface area (Å²) in [6.45, 7) is 0. The lowest BCUT2D eigenvalue weighted by molar-refractivity contribution is -0.139. The number of nitrogens with one attached hydrogen (secondary N) is 1. The first-order valence-corrected chi connectivity index (χ1v) is 9.03. The van der Waals surface area contributed by atoms with Gasteiger partial charge in [-0.15, -0.1) is 0 Å². The normalized spacial score (nSPS) is 13.1. The van der Waals surface area contributed by atoms with Crippen LogP contribution < -0.4 is 10.2 Å². The maximum absolute atomic E-state index is 12.5. The number of hydrogen-bond acceptors (Lipinski definition) is 7. The molecular weight excluding hydrogens is 412 g/mol. The molecule has 0 unspecified atom stereocenters. The molecule has 0 radical (unpaired) electrons. The van der Waals surface area contributed by atoms with Crippen LogP contribution in [0.2, 0.25) is 5.02 Å². The monoisotopic (exact) mass is 428 g/mol. The largest absolute Gasteiger partial charge is 0.465 e. The number of carbonyl (C=O) groups is 3. The van der Waals surface area contributed by atoms with Crippen LogP contribution in [-0.2, 0) is 19.1 Å². The molecule has 154 valence electrons. The molecule has 1 amide bonds. The van der Waals surface area contributed by atoms with Gasteiger partial charge in [0.2, 0.25) is 0 Å². The molecular formula is C21H17ClN2O6. The van der Waals surface area contributed by atoms with E-state index in [-0.39, 0.29) is 27.7 Å². The molecule has 0 saturated carbocycles. The highest BCUT2D eigenvalue weighted by atomic mass is 35.5. The zero-order valence-electron chi connectivity index (χ0n) is 16.0. The lowest BCUT2D eigenvalue weighted by atomic mass is 10.1. The van der Waals surface area contributed by atoms with E-state index in [1.807, 2.05) is 0 Å². The Morgan fingerprint density at radius 1 is 1.07 bits per heavy atom. The number of methoxy groups -OCH3 is 2. The Bertz CT molecular complexity index is 1070.